The van der Waals surface area contributed by atoms with Gasteiger partial charge in [-0.25, -0.2) is 4.79 Å². The molecule has 0 saturated carbocycles. The van der Waals surface area contributed by atoms with Crippen molar-refractivity contribution in [2.24, 2.45) is 5.92 Å². The first kappa shape index (κ1) is 26.8. The van der Waals surface area contributed by atoms with Gasteiger partial charge in [-0.3, -0.25) is 9.59 Å². The van der Waals surface area contributed by atoms with Crippen molar-refractivity contribution in [3.05, 3.63) is 45.6 Å². The predicted octanol–water partition coefficient (Wildman–Crippen LogP) is 3.77. The number of aryl methyl sites for hydroxylation is 1. The van der Waals surface area contributed by atoms with Crippen molar-refractivity contribution in [3.8, 4) is 28.4 Å². The molecule has 1 aliphatic carbocycles. The van der Waals surface area contributed by atoms with E-state index in [0.29, 0.717) is 47.6 Å². The fourth-order valence-electron chi connectivity index (χ4n) is 4.68. The van der Waals surface area contributed by atoms with E-state index < -0.39 is 18.1 Å². The summed E-state index contributed by atoms with van der Waals surface area (Å²) in [4.78, 5) is 37.3. The summed E-state index contributed by atoms with van der Waals surface area (Å²) in [5.41, 5.74) is 2.73. The first-order valence-corrected chi connectivity index (χ1v) is 11.9. The Bertz CT molecular complexity index is 1210. The average Bonchev–Trinajstić information content (AvgIpc) is 3.09. The highest BCUT2D eigenvalue weighted by molar-refractivity contribution is 5.84. The standard InChI is InChI=1S/C27H34N2O7/c1-7-14(2)24(27(32)33)29-20-11-9-17-18(13-21(20)31)19(28-15(3)30)10-8-16-12-22(34-4)25(35-5)26(36-6)23(16)17/h9,11-14,19,24H,7-8,10H2,1-6H3,(H,28,30)(H,29,31)(H,32,33). The fraction of sp³-hybridized carbons (Fsp3) is 0.444. The number of hydrogen-bond donors (Lipinski definition) is 3. The van der Waals surface area contributed by atoms with Crippen LogP contribution in [0.15, 0.2) is 29.1 Å². The van der Waals surface area contributed by atoms with E-state index in [2.05, 4.69) is 10.6 Å². The highest BCUT2D eigenvalue weighted by atomic mass is 16.5. The van der Waals surface area contributed by atoms with Crippen LogP contribution < -0.4 is 30.3 Å². The summed E-state index contributed by atoms with van der Waals surface area (Å²) in [5, 5.41) is 15.6. The molecule has 3 atom stereocenters. The van der Waals surface area contributed by atoms with Gasteiger partial charge in [0.05, 0.1) is 33.1 Å². The molecule has 0 aromatic heterocycles. The van der Waals surface area contributed by atoms with Crippen molar-refractivity contribution < 1.29 is 28.9 Å². The maximum Gasteiger partial charge on any atom is 0.326 e. The Hall–Kier alpha value is -3.75. The second kappa shape index (κ2) is 11.3. The third-order valence-electron chi connectivity index (χ3n) is 6.71. The highest BCUT2D eigenvalue weighted by Crippen LogP contribution is 2.50. The van der Waals surface area contributed by atoms with Crippen molar-refractivity contribution in [1.29, 1.82) is 0 Å². The van der Waals surface area contributed by atoms with E-state index in [-0.39, 0.29) is 22.9 Å². The summed E-state index contributed by atoms with van der Waals surface area (Å²) in [6.07, 6.45) is 1.75. The molecule has 2 aromatic rings. The number of carbonyl (C=O) groups excluding carboxylic acids is 1. The third kappa shape index (κ3) is 5.24. The van der Waals surface area contributed by atoms with Crippen LogP contribution in [-0.4, -0.2) is 44.4 Å². The van der Waals surface area contributed by atoms with Crippen LogP contribution in [0.25, 0.3) is 11.1 Å². The number of nitrogens with one attached hydrogen (secondary N) is 2. The molecule has 0 heterocycles. The van der Waals surface area contributed by atoms with Gasteiger partial charge in [0, 0.05) is 12.5 Å². The van der Waals surface area contributed by atoms with Crippen molar-refractivity contribution in [3.63, 3.8) is 0 Å². The minimum Gasteiger partial charge on any atom is -0.493 e. The van der Waals surface area contributed by atoms with Crippen molar-refractivity contribution >= 4 is 17.6 Å². The van der Waals surface area contributed by atoms with Crippen molar-refractivity contribution in [2.75, 3.05) is 26.6 Å². The fourth-order valence-corrected chi connectivity index (χ4v) is 4.68. The number of methoxy groups -OCH3 is 3. The summed E-state index contributed by atoms with van der Waals surface area (Å²) in [6, 6.07) is 5.34. The van der Waals surface area contributed by atoms with Crippen LogP contribution in [0.5, 0.6) is 17.2 Å². The third-order valence-corrected chi connectivity index (χ3v) is 6.71. The second-order valence-electron chi connectivity index (χ2n) is 8.94. The number of carboxylic acid groups (broad SMARTS) is 1. The molecule has 0 bridgehead atoms. The molecule has 3 rings (SSSR count). The van der Waals surface area contributed by atoms with E-state index in [9.17, 15) is 19.5 Å². The van der Waals surface area contributed by atoms with Crippen LogP contribution in [-0.2, 0) is 16.0 Å². The Morgan fingerprint density at radius 2 is 1.81 bits per heavy atom. The van der Waals surface area contributed by atoms with Gasteiger partial charge in [-0.1, -0.05) is 26.3 Å². The molecule has 0 spiro atoms. The van der Waals surface area contributed by atoms with E-state index >= 15 is 0 Å². The van der Waals surface area contributed by atoms with Crippen LogP contribution in [0, 0.1) is 5.92 Å². The normalized spacial score (nSPS) is 15.9. The van der Waals surface area contributed by atoms with Gasteiger partial charge < -0.3 is 30.0 Å². The van der Waals surface area contributed by atoms with Gasteiger partial charge in [-0.15, -0.1) is 0 Å². The van der Waals surface area contributed by atoms with Gasteiger partial charge in [0.25, 0.3) is 0 Å². The van der Waals surface area contributed by atoms with E-state index in [1.807, 2.05) is 19.9 Å². The van der Waals surface area contributed by atoms with E-state index in [1.165, 1.54) is 27.2 Å². The first-order valence-electron chi connectivity index (χ1n) is 11.9. The van der Waals surface area contributed by atoms with Crippen LogP contribution in [0.2, 0.25) is 0 Å². The Labute approximate surface area is 210 Å². The molecule has 36 heavy (non-hydrogen) atoms. The molecule has 1 amide bonds. The lowest BCUT2D eigenvalue weighted by atomic mass is 9.95. The summed E-state index contributed by atoms with van der Waals surface area (Å²) < 4.78 is 16.9. The Balaban J connectivity index is 2.32. The summed E-state index contributed by atoms with van der Waals surface area (Å²) >= 11 is 0. The van der Waals surface area contributed by atoms with Crippen molar-refractivity contribution in [2.45, 2.75) is 52.1 Å². The molecule has 0 saturated heterocycles. The molecule has 3 unspecified atom stereocenters. The van der Waals surface area contributed by atoms with E-state index in [0.717, 1.165) is 11.1 Å². The first-order chi connectivity index (χ1) is 17.2. The summed E-state index contributed by atoms with van der Waals surface area (Å²) in [7, 11) is 4.60. The maximum absolute atomic E-state index is 13.3. The van der Waals surface area contributed by atoms with Gasteiger partial charge in [0.15, 0.2) is 11.5 Å². The number of ether oxygens (including phenoxy) is 3. The lowest BCUT2D eigenvalue weighted by molar-refractivity contribution is -0.139. The van der Waals surface area contributed by atoms with Gasteiger partial charge >= 0.3 is 5.97 Å². The molecule has 9 heteroatoms. The molecule has 2 aromatic carbocycles. The Kier molecular flexibility index (Phi) is 8.45. The molecule has 0 radical (unpaired) electrons. The molecule has 0 aliphatic heterocycles. The number of hydrogen-bond acceptors (Lipinski definition) is 7. The largest absolute Gasteiger partial charge is 0.493 e. The second-order valence-corrected chi connectivity index (χ2v) is 8.94. The van der Waals surface area contributed by atoms with Gasteiger partial charge in [-0.2, -0.15) is 0 Å². The van der Waals surface area contributed by atoms with E-state index in [1.54, 1.807) is 19.2 Å². The van der Waals surface area contributed by atoms with Gasteiger partial charge in [0.2, 0.25) is 17.1 Å². The highest BCUT2D eigenvalue weighted by Gasteiger charge is 2.30. The van der Waals surface area contributed by atoms with Crippen LogP contribution in [0.4, 0.5) is 5.69 Å². The molecule has 0 fully saturated rings. The zero-order valence-electron chi connectivity index (χ0n) is 21.6. The van der Waals surface area contributed by atoms with Gasteiger partial charge in [0.1, 0.15) is 6.04 Å². The van der Waals surface area contributed by atoms with Gasteiger partial charge in [-0.05, 0) is 53.6 Å². The lowest BCUT2D eigenvalue weighted by Crippen LogP contribution is -2.36. The number of rotatable bonds is 9. The van der Waals surface area contributed by atoms with E-state index in [4.69, 9.17) is 14.2 Å². The molecular weight excluding hydrogens is 464 g/mol. The number of carbonyl (C=O) groups is 2. The molecular formula is C27H34N2O7. The quantitative estimate of drug-likeness (QED) is 0.477. The number of fused-ring (bicyclic) bond motifs is 3. The number of benzene rings is 1. The number of aliphatic carboxylic acids is 1. The predicted molar refractivity (Wildman–Crippen MR) is 137 cm³/mol. The zero-order valence-corrected chi connectivity index (χ0v) is 21.6. The Morgan fingerprint density at radius 3 is 2.36 bits per heavy atom. The number of carboxylic acids is 1. The summed E-state index contributed by atoms with van der Waals surface area (Å²) in [5.74, 6) is -0.0752. The van der Waals surface area contributed by atoms with Crippen LogP contribution in [0.1, 0.15) is 50.8 Å². The lowest BCUT2D eigenvalue weighted by Gasteiger charge is -2.20. The molecule has 1 aliphatic rings. The minimum absolute atomic E-state index is 0.165. The molecule has 194 valence electrons. The maximum atomic E-state index is 13.3. The minimum atomic E-state index is -1.03. The molecule has 3 N–H and O–H groups in total. The van der Waals surface area contributed by atoms with Crippen LogP contribution in [0.3, 0.4) is 0 Å². The smallest absolute Gasteiger partial charge is 0.326 e. The monoisotopic (exact) mass is 498 g/mol. The summed E-state index contributed by atoms with van der Waals surface area (Å²) in [6.45, 7) is 5.15. The SMILES string of the molecule is CCC(C)C(Nc1ccc2c(cc1=O)C(NC(C)=O)CCc1cc(OC)c(OC)c(OC)c1-2)C(=O)O. The zero-order chi connectivity index (χ0) is 26.6. The van der Waals surface area contributed by atoms with Crippen molar-refractivity contribution in [1.82, 2.24) is 5.32 Å². The molecule has 9 nitrogen and oxygen atoms in total. The topological polar surface area (TPSA) is 123 Å². The Morgan fingerprint density at radius 1 is 1.11 bits per heavy atom. The number of anilines is 1. The average molecular weight is 499 g/mol. The van der Waals surface area contributed by atoms with Crippen LogP contribution >= 0.6 is 0 Å². The number of amides is 1.